The van der Waals surface area contributed by atoms with Crippen LogP contribution in [-0.2, 0) is 32.7 Å². The lowest BCUT2D eigenvalue weighted by Gasteiger charge is -2.65. The number of benzene rings is 3. The SMILES string of the molecule is COc1cc2c(cc1O)CCN[C@]21CS[C@@H]2c3c(OC(C)=O)c(C)c4c(c3[C@H](COC1=O)N1C2[C@@H]2[N-][C@@H](Cc3cc(C)c(OC)c(O)c32)[C@@H]1C#N)OCO4. The Labute approximate surface area is 315 Å². The van der Waals surface area contributed by atoms with E-state index in [0.29, 0.717) is 70.2 Å². The summed E-state index contributed by atoms with van der Waals surface area (Å²) in [4.78, 5) is 29.6. The highest BCUT2D eigenvalue weighted by molar-refractivity contribution is 7.99. The summed E-state index contributed by atoms with van der Waals surface area (Å²) in [6.07, 6.45) is 0.965. The summed E-state index contributed by atoms with van der Waals surface area (Å²) in [6.45, 7) is 5.20. The predicted octanol–water partition coefficient (Wildman–Crippen LogP) is 4.43. The highest BCUT2D eigenvalue weighted by atomic mass is 32.2. The zero-order valence-electron chi connectivity index (χ0n) is 30.3. The number of methoxy groups -OCH3 is 2. The van der Waals surface area contributed by atoms with E-state index in [1.165, 1.54) is 32.9 Å². The van der Waals surface area contributed by atoms with E-state index in [9.17, 15) is 25.1 Å². The van der Waals surface area contributed by atoms with Crippen LogP contribution in [0, 0.1) is 25.2 Å². The molecular formula is C39H39N4O10S-. The molecule has 1 unspecified atom stereocenters. The topological polar surface area (TPSA) is 183 Å². The number of aromatic hydroxyl groups is 2. The molecule has 7 atom stereocenters. The Balaban J connectivity index is 1.32. The molecule has 14 nitrogen and oxygen atoms in total. The first-order chi connectivity index (χ1) is 26.0. The number of fused-ring (bicyclic) bond motifs is 9. The van der Waals surface area contributed by atoms with E-state index in [0.717, 1.165) is 16.7 Å². The Morgan fingerprint density at radius 2 is 1.87 bits per heavy atom. The molecule has 0 saturated carbocycles. The van der Waals surface area contributed by atoms with Gasteiger partial charge in [-0.2, -0.15) is 5.26 Å². The first-order valence-electron chi connectivity index (χ1n) is 17.9. The van der Waals surface area contributed by atoms with E-state index < -0.39 is 52.9 Å². The summed E-state index contributed by atoms with van der Waals surface area (Å²) < 4.78 is 35.9. The Morgan fingerprint density at radius 1 is 1.07 bits per heavy atom. The van der Waals surface area contributed by atoms with Crippen molar-refractivity contribution in [3.8, 4) is 46.3 Å². The number of nitrogens with zero attached hydrogens (tertiary/aromatic N) is 3. The minimum absolute atomic E-state index is 0.00648. The van der Waals surface area contributed by atoms with Gasteiger partial charge in [0.25, 0.3) is 0 Å². The number of nitriles is 1. The van der Waals surface area contributed by atoms with Gasteiger partial charge < -0.3 is 44.0 Å². The molecule has 282 valence electrons. The van der Waals surface area contributed by atoms with E-state index in [4.69, 9.17) is 33.7 Å². The van der Waals surface area contributed by atoms with E-state index in [1.807, 2.05) is 19.9 Å². The van der Waals surface area contributed by atoms with Gasteiger partial charge >= 0.3 is 11.9 Å². The smallest absolute Gasteiger partial charge is 0.331 e. The third kappa shape index (κ3) is 4.76. The van der Waals surface area contributed by atoms with E-state index in [-0.39, 0.29) is 36.4 Å². The van der Waals surface area contributed by atoms with Crippen LogP contribution in [0.2, 0.25) is 0 Å². The second-order valence-electron chi connectivity index (χ2n) is 14.6. The molecule has 1 spiro atoms. The molecule has 4 bridgehead atoms. The van der Waals surface area contributed by atoms with E-state index in [2.05, 4.69) is 16.3 Å². The van der Waals surface area contributed by atoms with Gasteiger partial charge in [-0.05, 0) is 66.6 Å². The number of hydrogen-bond acceptors (Lipinski definition) is 14. The van der Waals surface area contributed by atoms with Crippen LogP contribution in [0.4, 0.5) is 0 Å². The van der Waals surface area contributed by atoms with Crippen molar-refractivity contribution in [3.63, 3.8) is 0 Å². The average Bonchev–Trinajstić information content (AvgIpc) is 3.64. The van der Waals surface area contributed by atoms with Crippen molar-refractivity contribution in [1.82, 2.24) is 10.2 Å². The maximum atomic E-state index is 14.7. The molecule has 3 aromatic rings. The maximum absolute atomic E-state index is 14.7. The Kier molecular flexibility index (Phi) is 8.13. The summed E-state index contributed by atoms with van der Waals surface area (Å²) in [5, 5.41) is 41.8. The number of piperazine rings is 1. The van der Waals surface area contributed by atoms with Gasteiger partial charge in [-0.1, -0.05) is 12.1 Å². The number of aryl methyl sites for hydroxylation is 1. The molecule has 15 heteroatoms. The first-order valence-corrected chi connectivity index (χ1v) is 18.9. The van der Waals surface area contributed by atoms with Crippen LogP contribution < -0.4 is 29.0 Å². The van der Waals surface area contributed by atoms with Gasteiger partial charge in [-0.25, -0.2) is 4.79 Å². The molecule has 2 saturated heterocycles. The van der Waals surface area contributed by atoms with Crippen molar-refractivity contribution in [2.75, 3.05) is 39.9 Å². The number of ether oxygens (including phenoxy) is 6. The van der Waals surface area contributed by atoms with Crippen molar-refractivity contribution in [1.29, 1.82) is 5.26 Å². The minimum atomic E-state index is -1.37. The standard InChI is InChI=1S/C39H39N4O10S/c1-16-8-20-9-22-23(12-40)43-24-13-50-38(47)39(21-11-26(48-4)25(45)10-19(21)6-7-41-39)14-54-37(31(43)30(42-22)27(20)32(46)33(16)49-5)29-28(24)36-35(51-15-52-36)17(2)34(29)53-18(3)44/h8,10-11,22-24,30-31,37,41,45-46H,6-7,9,13-15H2,1-5H3/q-1/t22-,23-,24-,30+,31?,37+,39+/m0/s1. The fourth-order valence-electron chi connectivity index (χ4n) is 9.67. The van der Waals surface area contributed by atoms with Crippen molar-refractivity contribution in [3.05, 3.63) is 68.0 Å². The van der Waals surface area contributed by atoms with Crippen LogP contribution in [0.5, 0.6) is 40.2 Å². The fraction of sp³-hybridized carbons (Fsp3) is 0.462. The van der Waals surface area contributed by atoms with Crippen LogP contribution >= 0.6 is 11.8 Å². The molecule has 7 aliphatic rings. The van der Waals surface area contributed by atoms with E-state index >= 15 is 0 Å². The third-order valence-corrected chi connectivity index (χ3v) is 13.3. The van der Waals surface area contributed by atoms with Crippen molar-refractivity contribution in [2.24, 2.45) is 0 Å². The second kappa shape index (κ2) is 12.6. The Morgan fingerprint density at radius 3 is 2.61 bits per heavy atom. The van der Waals surface area contributed by atoms with Gasteiger partial charge in [0, 0.05) is 47.2 Å². The zero-order valence-corrected chi connectivity index (χ0v) is 31.2. The molecule has 0 amide bonds. The molecule has 0 aromatic heterocycles. The zero-order chi connectivity index (χ0) is 37.8. The Hall–Kier alpha value is -4.88. The van der Waals surface area contributed by atoms with Gasteiger partial charge in [0.05, 0.1) is 32.4 Å². The summed E-state index contributed by atoms with van der Waals surface area (Å²) in [5.74, 6) is 0.791. The number of hydrogen-bond donors (Lipinski definition) is 3. The minimum Gasteiger partial charge on any atom is -0.649 e. The van der Waals surface area contributed by atoms with Crippen molar-refractivity contribution >= 4 is 23.7 Å². The summed E-state index contributed by atoms with van der Waals surface area (Å²) in [5.41, 5.74) is 4.16. The second-order valence-corrected chi connectivity index (χ2v) is 15.7. The number of carbonyl (C=O) groups is 2. The van der Waals surface area contributed by atoms with Gasteiger partial charge in [-0.3, -0.25) is 15.0 Å². The van der Waals surface area contributed by atoms with Crippen molar-refractivity contribution in [2.45, 2.75) is 74.6 Å². The molecule has 3 aromatic carbocycles. The molecule has 0 radical (unpaired) electrons. The molecule has 2 fully saturated rings. The summed E-state index contributed by atoms with van der Waals surface area (Å²) in [7, 11) is 2.97. The normalized spacial score (nSPS) is 28.9. The van der Waals surface area contributed by atoms with Gasteiger partial charge in [-0.15, -0.1) is 17.8 Å². The van der Waals surface area contributed by atoms with Crippen molar-refractivity contribution < 1.29 is 48.2 Å². The first kappa shape index (κ1) is 34.9. The quantitative estimate of drug-likeness (QED) is 0.252. The number of phenols is 2. The number of carbonyl (C=O) groups excluding carboxylic acids is 2. The lowest BCUT2D eigenvalue weighted by molar-refractivity contribution is -0.155. The highest BCUT2D eigenvalue weighted by Crippen LogP contribution is 2.65. The largest absolute Gasteiger partial charge is 0.649 e. The van der Waals surface area contributed by atoms with Crippen LogP contribution in [0.1, 0.15) is 68.8 Å². The molecular weight excluding hydrogens is 717 g/mol. The summed E-state index contributed by atoms with van der Waals surface area (Å²) in [6, 6.07) is 4.62. The number of esters is 2. The van der Waals surface area contributed by atoms with Crippen LogP contribution in [0.3, 0.4) is 0 Å². The highest BCUT2D eigenvalue weighted by Gasteiger charge is 2.57. The molecule has 7 aliphatic heterocycles. The molecule has 7 heterocycles. The number of rotatable bonds is 3. The Bertz CT molecular complexity index is 2190. The van der Waals surface area contributed by atoms with Crippen LogP contribution in [-0.4, -0.2) is 85.1 Å². The maximum Gasteiger partial charge on any atom is 0.331 e. The predicted molar refractivity (Wildman–Crippen MR) is 194 cm³/mol. The van der Waals surface area contributed by atoms with Gasteiger partial charge in [0.15, 0.2) is 40.0 Å². The molecule has 10 rings (SSSR count). The third-order valence-electron chi connectivity index (χ3n) is 11.8. The number of nitrogens with one attached hydrogen (secondary N) is 1. The molecule has 3 N–H and O–H groups in total. The molecule has 0 aliphatic carbocycles. The van der Waals surface area contributed by atoms with E-state index in [1.54, 1.807) is 12.1 Å². The molecule has 54 heavy (non-hydrogen) atoms. The van der Waals surface area contributed by atoms with Crippen LogP contribution in [0.15, 0.2) is 18.2 Å². The lowest BCUT2D eigenvalue weighted by Crippen LogP contribution is -2.64. The summed E-state index contributed by atoms with van der Waals surface area (Å²) >= 11 is 1.44. The van der Waals surface area contributed by atoms with Gasteiger partial charge in [0.2, 0.25) is 6.79 Å². The monoisotopic (exact) mass is 755 g/mol. The number of phenolic OH excluding ortho intramolecular Hbond substituents is 2. The van der Waals surface area contributed by atoms with Crippen LogP contribution in [0.25, 0.3) is 5.32 Å². The average molecular weight is 756 g/mol. The van der Waals surface area contributed by atoms with Gasteiger partial charge in [0.1, 0.15) is 12.4 Å². The fourth-order valence-corrected chi connectivity index (χ4v) is 11.4. The lowest BCUT2D eigenvalue weighted by atomic mass is 9.72. The number of thioether (sulfide) groups is 1.